The van der Waals surface area contributed by atoms with Gasteiger partial charge in [-0.3, -0.25) is 14.5 Å². The lowest BCUT2D eigenvalue weighted by atomic mass is 9.97. The summed E-state index contributed by atoms with van der Waals surface area (Å²) in [6, 6.07) is 20.8. The second-order valence-corrected chi connectivity index (χ2v) is 8.27. The fraction of sp³-hybridized carbons (Fsp3) is 0.154. The molecule has 0 spiro atoms. The van der Waals surface area contributed by atoms with E-state index in [-0.39, 0.29) is 18.4 Å². The minimum absolute atomic E-state index is 0.183. The summed E-state index contributed by atoms with van der Waals surface area (Å²) in [7, 11) is 0. The lowest BCUT2D eigenvalue weighted by molar-refractivity contribution is -0.137. The molecule has 5 heteroatoms. The molecule has 1 aliphatic heterocycles. The van der Waals surface area contributed by atoms with Crippen LogP contribution in [0.25, 0.3) is 5.57 Å². The highest BCUT2D eigenvalue weighted by Gasteiger charge is 2.39. The topological polar surface area (TPSA) is 49.4 Å². The standard InChI is InChI=1S/C26H23ClN2O2/c1-16-8-13-21(18(3)14-16)23-24(28-22-7-5-4-6-17(22)2)26(31)29(25(23)30)15-19-9-11-20(27)12-10-19/h4-14,28H,15H2,1-3H3. The maximum Gasteiger partial charge on any atom is 0.278 e. The monoisotopic (exact) mass is 430 g/mol. The van der Waals surface area contributed by atoms with Gasteiger partial charge in [0.1, 0.15) is 5.70 Å². The maximum atomic E-state index is 13.5. The minimum atomic E-state index is -0.335. The molecule has 0 aromatic heterocycles. The van der Waals surface area contributed by atoms with Crippen molar-refractivity contribution >= 4 is 34.7 Å². The van der Waals surface area contributed by atoms with E-state index in [1.165, 1.54) is 4.90 Å². The zero-order chi connectivity index (χ0) is 22.1. The Morgan fingerprint density at radius 3 is 2.23 bits per heavy atom. The number of nitrogens with zero attached hydrogens (tertiary/aromatic N) is 1. The number of amides is 2. The summed E-state index contributed by atoms with van der Waals surface area (Å²) < 4.78 is 0. The van der Waals surface area contributed by atoms with E-state index in [1.807, 2.05) is 75.4 Å². The van der Waals surface area contributed by atoms with Gasteiger partial charge in [-0.2, -0.15) is 0 Å². The number of hydrogen-bond donors (Lipinski definition) is 1. The van der Waals surface area contributed by atoms with Crippen LogP contribution in [0.1, 0.15) is 27.8 Å². The number of hydrogen-bond acceptors (Lipinski definition) is 3. The van der Waals surface area contributed by atoms with Crippen LogP contribution in [0.3, 0.4) is 0 Å². The van der Waals surface area contributed by atoms with Gasteiger partial charge in [0.2, 0.25) is 0 Å². The summed E-state index contributed by atoms with van der Waals surface area (Å²) in [4.78, 5) is 28.2. The van der Waals surface area contributed by atoms with E-state index in [0.29, 0.717) is 16.3 Å². The van der Waals surface area contributed by atoms with E-state index in [1.54, 1.807) is 12.1 Å². The Bertz CT molecular complexity index is 1210. The average Bonchev–Trinajstić information content (AvgIpc) is 2.96. The third-order valence-electron chi connectivity index (χ3n) is 5.48. The Kier molecular flexibility index (Phi) is 5.66. The molecule has 0 radical (unpaired) electrons. The Labute approximate surface area is 187 Å². The number of imide groups is 1. The number of aryl methyl sites for hydroxylation is 3. The molecular formula is C26H23ClN2O2. The van der Waals surface area contributed by atoms with E-state index in [4.69, 9.17) is 11.6 Å². The summed E-state index contributed by atoms with van der Waals surface area (Å²) >= 11 is 5.98. The van der Waals surface area contributed by atoms with Crippen molar-refractivity contribution < 1.29 is 9.59 Å². The SMILES string of the molecule is Cc1ccc(C2=C(Nc3ccccc3C)C(=O)N(Cc3ccc(Cl)cc3)C2=O)c(C)c1. The van der Waals surface area contributed by atoms with Crippen LogP contribution < -0.4 is 5.32 Å². The lowest BCUT2D eigenvalue weighted by Gasteiger charge is -2.16. The van der Waals surface area contributed by atoms with Gasteiger partial charge < -0.3 is 5.32 Å². The maximum absolute atomic E-state index is 13.5. The summed E-state index contributed by atoms with van der Waals surface area (Å²) in [5, 5.41) is 3.86. The third kappa shape index (κ3) is 4.12. The number of nitrogens with one attached hydrogen (secondary N) is 1. The van der Waals surface area contributed by atoms with Gasteiger partial charge in [-0.15, -0.1) is 0 Å². The molecule has 4 rings (SSSR count). The van der Waals surface area contributed by atoms with Crippen molar-refractivity contribution in [1.82, 2.24) is 4.90 Å². The Hall–Kier alpha value is -3.37. The van der Waals surface area contributed by atoms with Crippen LogP contribution in [0.4, 0.5) is 5.69 Å². The first-order valence-corrected chi connectivity index (χ1v) is 10.5. The number of carbonyl (C=O) groups is 2. The summed E-state index contributed by atoms with van der Waals surface area (Å²) in [6.45, 7) is 6.11. The zero-order valence-corrected chi connectivity index (χ0v) is 18.5. The predicted molar refractivity (Wildman–Crippen MR) is 125 cm³/mol. The van der Waals surface area contributed by atoms with E-state index in [0.717, 1.165) is 33.5 Å². The smallest absolute Gasteiger partial charge is 0.278 e. The Morgan fingerprint density at radius 1 is 0.839 bits per heavy atom. The number of carbonyl (C=O) groups excluding carboxylic acids is 2. The van der Waals surface area contributed by atoms with E-state index in [2.05, 4.69) is 5.32 Å². The average molecular weight is 431 g/mol. The molecule has 1 aliphatic rings. The first kappa shape index (κ1) is 20.9. The molecule has 156 valence electrons. The summed E-state index contributed by atoms with van der Waals surface area (Å²) in [5.74, 6) is -0.638. The lowest BCUT2D eigenvalue weighted by Crippen LogP contribution is -2.32. The van der Waals surface area contributed by atoms with Gasteiger partial charge in [-0.1, -0.05) is 65.7 Å². The van der Waals surface area contributed by atoms with Gasteiger partial charge in [-0.25, -0.2) is 0 Å². The quantitative estimate of drug-likeness (QED) is 0.531. The summed E-state index contributed by atoms with van der Waals surface area (Å²) in [5.41, 5.74) is 6.15. The molecule has 1 heterocycles. The van der Waals surface area contributed by atoms with E-state index < -0.39 is 0 Å². The van der Waals surface area contributed by atoms with Crippen LogP contribution in [0, 0.1) is 20.8 Å². The molecule has 0 bridgehead atoms. The molecule has 0 unspecified atom stereocenters. The highest BCUT2D eigenvalue weighted by Crippen LogP contribution is 2.34. The molecule has 2 amide bonds. The number of benzene rings is 3. The van der Waals surface area contributed by atoms with Crippen LogP contribution in [-0.2, 0) is 16.1 Å². The van der Waals surface area contributed by atoms with Crippen molar-refractivity contribution in [3.05, 3.63) is 105 Å². The van der Waals surface area contributed by atoms with Crippen molar-refractivity contribution in [3.8, 4) is 0 Å². The van der Waals surface area contributed by atoms with Crippen LogP contribution in [0.5, 0.6) is 0 Å². The van der Waals surface area contributed by atoms with Gasteiger partial charge in [0, 0.05) is 10.7 Å². The first-order chi connectivity index (χ1) is 14.8. The molecule has 0 atom stereocenters. The second kappa shape index (κ2) is 8.40. The number of para-hydroxylation sites is 1. The third-order valence-corrected chi connectivity index (χ3v) is 5.73. The second-order valence-electron chi connectivity index (χ2n) is 7.83. The van der Waals surface area contributed by atoms with Gasteiger partial charge in [-0.05, 0) is 61.2 Å². The van der Waals surface area contributed by atoms with E-state index >= 15 is 0 Å². The molecule has 0 aliphatic carbocycles. The van der Waals surface area contributed by atoms with Crippen LogP contribution in [-0.4, -0.2) is 16.7 Å². The molecule has 3 aromatic rings. The van der Waals surface area contributed by atoms with Crippen molar-refractivity contribution in [2.45, 2.75) is 27.3 Å². The Morgan fingerprint density at radius 2 is 1.55 bits per heavy atom. The molecule has 4 nitrogen and oxygen atoms in total. The predicted octanol–water partition coefficient (Wildman–Crippen LogP) is 5.66. The fourth-order valence-corrected chi connectivity index (χ4v) is 3.93. The normalized spacial score (nSPS) is 13.9. The van der Waals surface area contributed by atoms with Crippen LogP contribution >= 0.6 is 11.6 Å². The number of halogens is 1. The number of rotatable bonds is 5. The van der Waals surface area contributed by atoms with Gasteiger partial charge in [0.25, 0.3) is 11.8 Å². The van der Waals surface area contributed by atoms with Crippen molar-refractivity contribution in [2.24, 2.45) is 0 Å². The molecule has 0 fully saturated rings. The molecule has 3 aromatic carbocycles. The summed E-state index contributed by atoms with van der Waals surface area (Å²) in [6.07, 6.45) is 0. The minimum Gasteiger partial charge on any atom is -0.350 e. The van der Waals surface area contributed by atoms with Gasteiger partial charge >= 0.3 is 0 Å². The number of anilines is 1. The van der Waals surface area contributed by atoms with Crippen LogP contribution in [0.15, 0.2) is 72.4 Å². The van der Waals surface area contributed by atoms with Gasteiger partial charge in [0.15, 0.2) is 0 Å². The molecule has 1 N–H and O–H groups in total. The highest BCUT2D eigenvalue weighted by molar-refractivity contribution is 6.36. The zero-order valence-electron chi connectivity index (χ0n) is 17.7. The molecular weight excluding hydrogens is 408 g/mol. The molecule has 31 heavy (non-hydrogen) atoms. The molecule has 0 saturated heterocycles. The van der Waals surface area contributed by atoms with Crippen molar-refractivity contribution in [3.63, 3.8) is 0 Å². The highest BCUT2D eigenvalue weighted by atomic mass is 35.5. The first-order valence-electron chi connectivity index (χ1n) is 10.1. The van der Waals surface area contributed by atoms with Crippen molar-refractivity contribution in [1.29, 1.82) is 0 Å². The van der Waals surface area contributed by atoms with Crippen molar-refractivity contribution in [2.75, 3.05) is 5.32 Å². The van der Waals surface area contributed by atoms with Crippen LogP contribution in [0.2, 0.25) is 5.02 Å². The largest absolute Gasteiger partial charge is 0.350 e. The Balaban J connectivity index is 1.78. The van der Waals surface area contributed by atoms with Gasteiger partial charge in [0.05, 0.1) is 12.1 Å². The molecule has 0 saturated carbocycles. The fourth-order valence-electron chi connectivity index (χ4n) is 3.80. The van der Waals surface area contributed by atoms with E-state index in [9.17, 15) is 9.59 Å².